The van der Waals surface area contributed by atoms with Crippen LogP contribution in [0.25, 0.3) is 6.08 Å². The number of aliphatic hydroxyl groups excluding tert-OH is 1. The van der Waals surface area contributed by atoms with Crippen LogP contribution in [-0.4, -0.2) is 17.4 Å². The highest BCUT2D eigenvalue weighted by Gasteiger charge is 1.96. The maximum atomic E-state index is 8.06. The fourth-order valence-electron chi connectivity index (χ4n) is 1.04. The minimum Gasteiger partial charge on any atom is -0.394 e. The van der Waals surface area contributed by atoms with Gasteiger partial charge in [-0.25, -0.2) is 0 Å². The number of aliphatic hydroxyl groups is 1. The molecule has 0 saturated heterocycles. The lowest BCUT2D eigenvalue weighted by molar-refractivity contribution is 0.216. The number of hydrogen-bond donors (Lipinski definition) is 2. The van der Waals surface area contributed by atoms with Gasteiger partial charge in [-0.3, -0.25) is 5.43 Å². The molecule has 0 bridgehead atoms. The molecule has 0 aromatic heterocycles. The number of rotatable bonds is 0. The van der Waals surface area contributed by atoms with Crippen molar-refractivity contribution in [3.8, 4) is 0 Å². The van der Waals surface area contributed by atoms with Gasteiger partial charge in [-0.05, 0) is 31.6 Å². The molecule has 2 rings (SSSR count). The van der Waals surface area contributed by atoms with Gasteiger partial charge in [0.05, 0.1) is 5.69 Å². The molecule has 2 N–H and O–H groups in total. The second-order valence-electron chi connectivity index (χ2n) is 3.43. The van der Waals surface area contributed by atoms with Gasteiger partial charge in [0.15, 0.2) is 0 Å². The summed E-state index contributed by atoms with van der Waals surface area (Å²) in [5.74, 6) is 0. The van der Waals surface area contributed by atoms with E-state index in [1.807, 2.05) is 36.4 Å². The molecule has 0 spiro atoms. The van der Waals surface area contributed by atoms with Crippen LogP contribution in [0.3, 0.4) is 0 Å². The number of fused-ring (bicyclic) bond motifs is 1. The van der Waals surface area contributed by atoms with Gasteiger partial charge in [-0.2, -0.15) is 5.10 Å². The molecule has 1 aliphatic heterocycles. The molecular weight excluding hydrogens is 188 g/mol. The Hall–Kier alpha value is -1.61. The lowest BCUT2D eigenvalue weighted by Gasteiger charge is -2.00. The third-order valence-electron chi connectivity index (χ3n) is 1.58. The van der Waals surface area contributed by atoms with Gasteiger partial charge >= 0.3 is 0 Å². The van der Waals surface area contributed by atoms with E-state index in [4.69, 9.17) is 5.11 Å². The van der Waals surface area contributed by atoms with Gasteiger partial charge in [0.25, 0.3) is 0 Å². The van der Waals surface area contributed by atoms with Crippen molar-refractivity contribution in [2.24, 2.45) is 5.10 Å². The average Bonchev–Trinajstić information content (AvgIpc) is 2.41. The molecule has 0 aliphatic carbocycles. The van der Waals surface area contributed by atoms with Crippen LogP contribution in [0.2, 0.25) is 0 Å². The van der Waals surface area contributed by atoms with Crippen LogP contribution in [0.15, 0.2) is 35.4 Å². The average molecular weight is 204 g/mol. The van der Waals surface area contributed by atoms with Crippen LogP contribution < -0.4 is 5.43 Å². The van der Waals surface area contributed by atoms with Crippen molar-refractivity contribution in [3.63, 3.8) is 0 Å². The number of para-hydroxylation sites is 1. The summed E-state index contributed by atoms with van der Waals surface area (Å²) in [5.41, 5.74) is 5.16. The van der Waals surface area contributed by atoms with Gasteiger partial charge in [0.1, 0.15) is 0 Å². The minimum absolute atomic E-state index is 0.167. The molecule has 0 amide bonds. The Balaban J connectivity index is 0.000000245. The second-order valence-corrected chi connectivity index (χ2v) is 3.43. The van der Waals surface area contributed by atoms with E-state index in [0.29, 0.717) is 0 Å². The van der Waals surface area contributed by atoms with Crippen molar-refractivity contribution in [2.75, 3.05) is 5.43 Å². The number of allylic oxidation sites excluding steroid dienone is 1. The van der Waals surface area contributed by atoms with Crippen LogP contribution in [-0.2, 0) is 0 Å². The van der Waals surface area contributed by atoms with E-state index in [0.717, 1.165) is 5.69 Å². The molecule has 3 nitrogen and oxygen atoms in total. The summed E-state index contributed by atoms with van der Waals surface area (Å²) < 4.78 is 0. The third kappa shape index (κ3) is 4.42. The molecule has 1 aromatic rings. The summed E-state index contributed by atoms with van der Waals surface area (Å²) in [4.78, 5) is 0. The standard InChI is InChI=1S/C9H8N2.C3H8O/c1-2-6-9-8(4-1)5-3-7-10-11-9;1-3(2)4/h1-7,11H;3-4H,1-2H3. The molecule has 15 heavy (non-hydrogen) atoms. The molecule has 0 unspecified atom stereocenters. The van der Waals surface area contributed by atoms with Gasteiger partial charge in [-0.15, -0.1) is 0 Å². The van der Waals surface area contributed by atoms with Crippen molar-refractivity contribution < 1.29 is 5.11 Å². The zero-order valence-corrected chi connectivity index (χ0v) is 9.01. The van der Waals surface area contributed by atoms with Gasteiger partial charge in [0, 0.05) is 12.3 Å². The quantitative estimate of drug-likeness (QED) is 0.682. The molecule has 80 valence electrons. The molecule has 3 heteroatoms. The van der Waals surface area contributed by atoms with E-state index in [-0.39, 0.29) is 6.10 Å². The normalized spacial score (nSPS) is 12.3. The summed E-state index contributed by atoms with van der Waals surface area (Å²) >= 11 is 0. The van der Waals surface area contributed by atoms with Crippen molar-refractivity contribution in [3.05, 3.63) is 35.9 Å². The zero-order valence-electron chi connectivity index (χ0n) is 9.01. The molecule has 0 fully saturated rings. The largest absolute Gasteiger partial charge is 0.394 e. The highest BCUT2D eigenvalue weighted by molar-refractivity contribution is 5.83. The first-order valence-corrected chi connectivity index (χ1v) is 4.93. The Labute approximate surface area is 90.1 Å². The number of hydrazone groups is 1. The Morgan fingerprint density at radius 1 is 1.27 bits per heavy atom. The first kappa shape index (κ1) is 11.5. The molecule has 0 saturated carbocycles. The molecular formula is C12H16N2O. The highest BCUT2D eigenvalue weighted by Crippen LogP contribution is 2.17. The highest BCUT2D eigenvalue weighted by atomic mass is 16.3. The number of nitrogens with one attached hydrogen (secondary N) is 1. The predicted octanol–water partition coefficient (Wildman–Crippen LogP) is 2.50. The van der Waals surface area contributed by atoms with Crippen molar-refractivity contribution in [1.82, 2.24) is 0 Å². The fourth-order valence-corrected chi connectivity index (χ4v) is 1.04. The van der Waals surface area contributed by atoms with E-state index in [1.165, 1.54) is 5.56 Å². The Morgan fingerprint density at radius 3 is 2.67 bits per heavy atom. The first-order valence-electron chi connectivity index (χ1n) is 4.93. The summed E-state index contributed by atoms with van der Waals surface area (Å²) in [6.07, 6.45) is 5.51. The molecule has 1 heterocycles. The Kier molecular flexibility index (Phi) is 4.57. The zero-order chi connectivity index (χ0) is 11.1. The fraction of sp³-hybridized carbons (Fsp3) is 0.250. The predicted molar refractivity (Wildman–Crippen MR) is 64.9 cm³/mol. The molecule has 0 atom stereocenters. The smallest absolute Gasteiger partial charge is 0.0634 e. The van der Waals surface area contributed by atoms with Gasteiger partial charge in [-0.1, -0.05) is 24.3 Å². The lowest BCUT2D eigenvalue weighted by atomic mass is 10.2. The Morgan fingerprint density at radius 2 is 1.93 bits per heavy atom. The third-order valence-corrected chi connectivity index (χ3v) is 1.58. The number of benzene rings is 1. The van der Waals surface area contributed by atoms with E-state index >= 15 is 0 Å². The van der Waals surface area contributed by atoms with Crippen LogP contribution in [0.1, 0.15) is 19.4 Å². The maximum Gasteiger partial charge on any atom is 0.0634 e. The van der Waals surface area contributed by atoms with Gasteiger partial charge < -0.3 is 5.11 Å². The number of nitrogens with zero attached hydrogens (tertiary/aromatic N) is 1. The van der Waals surface area contributed by atoms with Gasteiger partial charge in [0.2, 0.25) is 0 Å². The van der Waals surface area contributed by atoms with E-state index in [2.05, 4.69) is 10.5 Å². The second kappa shape index (κ2) is 5.98. The lowest BCUT2D eigenvalue weighted by Crippen LogP contribution is -1.87. The topological polar surface area (TPSA) is 44.6 Å². The van der Waals surface area contributed by atoms with E-state index in [1.54, 1.807) is 20.1 Å². The Bertz CT molecular complexity index is 354. The molecule has 1 aromatic carbocycles. The van der Waals surface area contributed by atoms with Crippen LogP contribution in [0.5, 0.6) is 0 Å². The van der Waals surface area contributed by atoms with Crippen molar-refractivity contribution in [1.29, 1.82) is 0 Å². The molecule has 1 aliphatic rings. The number of hydrogen-bond acceptors (Lipinski definition) is 3. The first-order chi connectivity index (χ1) is 7.20. The molecule has 0 radical (unpaired) electrons. The van der Waals surface area contributed by atoms with Crippen molar-refractivity contribution >= 4 is 18.0 Å². The van der Waals surface area contributed by atoms with Crippen LogP contribution >= 0.6 is 0 Å². The van der Waals surface area contributed by atoms with E-state index < -0.39 is 0 Å². The summed E-state index contributed by atoms with van der Waals surface area (Å²) in [5, 5.41) is 12.0. The van der Waals surface area contributed by atoms with Crippen LogP contribution in [0, 0.1) is 0 Å². The summed E-state index contributed by atoms with van der Waals surface area (Å²) in [6.45, 7) is 3.44. The monoisotopic (exact) mass is 204 g/mol. The van der Waals surface area contributed by atoms with Crippen LogP contribution in [0.4, 0.5) is 5.69 Å². The SMILES string of the molecule is C1=Cc2ccccc2NN=C1.CC(C)O. The van der Waals surface area contributed by atoms with Crippen molar-refractivity contribution in [2.45, 2.75) is 20.0 Å². The minimum atomic E-state index is -0.167. The van der Waals surface area contributed by atoms with E-state index in [9.17, 15) is 0 Å². The summed E-state index contributed by atoms with van der Waals surface area (Å²) in [7, 11) is 0. The maximum absolute atomic E-state index is 8.06. The summed E-state index contributed by atoms with van der Waals surface area (Å²) in [6, 6.07) is 8.05. The number of anilines is 1.